The summed E-state index contributed by atoms with van der Waals surface area (Å²) in [5.41, 5.74) is 4.04. The van der Waals surface area contributed by atoms with Gasteiger partial charge in [0, 0.05) is 11.5 Å². The molecule has 0 heterocycles. The van der Waals surface area contributed by atoms with Gasteiger partial charge in [-0.2, -0.15) is 0 Å². The van der Waals surface area contributed by atoms with Crippen LogP contribution in [0.2, 0.25) is 0 Å². The Balaban J connectivity index is 1.35. The van der Waals surface area contributed by atoms with E-state index in [1.165, 1.54) is 88.2 Å². The monoisotopic (exact) mass is 444 g/mol. The predicted molar refractivity (Wildman–Crippen MR) is 142 cm³/mol. The van der Waals surface area contributed by atoms with E-state index in [-0.39, 0.29) is 0 Å². The Morgan fingerprint density at radius 2 is 1.39 bits per heavy atom. The Morgan fingerprint density at radius 1 is 0.727 bits per heavy atom. The number of aryl methyl sites for hydroxylation is 1. The second-order valence-electron chi connectivity index (χ2n) is 9.80. The van der Waals surface area contributed by atoms with Crippen molar-refractivity contribution in [1.82, 2.24) is 0 Å². The first-order valence-electron chi connectivity index (χ1n) is 13.6. The van der Waals surface area contributed by atoms with Crippen molar-refractivity contribution in [3.05, 3.63) is 65.2 Å². The van der Waals surface area contributed by atoms with Gasteiger partial charge in [0.25, 0.3) is 0 Å². The summed E-state index contributed by atoms with van der Waals surface area (Å²) in [6, 6.07) is 17.7. The van der Waals surface area contributed by atoms with Crippen LogP contribution in [0.25, 0.3) is 0 Å². The van der Waals surface area contributed by atoms with Gasteiger partial charge in [-0.05, 0) is 79.8 Å². The molecule has 1 nitrogen and oxygen atoms in total. The van der Waals surface area contributed by atoms with Gasteiger partial charge in [-0.15, -0.1) is 0 Å². The molecule has 0 atom stereocenters. The molecule has 2 aromatic carbocycles. The van der Waals surface area contributed by atoms with E-state index in [9.17, 15) is 0 Å². The minimum Gasteiger partial charge on any atom is -0.494 e. The SMILES string of the molecule is CCCCCCCCCOc1ccc(C2CCC(C#Cc3ccc(CCC)cc3)CC2)cc1. The molecule has 0 aromatic heterocycles. The Labute approximate surface area is 203 Å². The summed E-state index contributed by atoms with van der Waals surface area (Å²) in [5.74, 6) is 9.21. The van der Waals surface area contributed by atoms with E-state index in [4.69, 9.17) is 4.74 Å². The second kappa shape index (κ2) is 14.8. The Morgan fingerprint density at radius 3 is 2.06 bits per heavy atom. The molecule has 0 radical (unpaired) electrons. The summed E-state index contributed by atoms with van der Waals surface area (Å²) in [4.78, 5) is 0. The maximum absolute atomic E-state index is 5.97. The van der Waals surface area contributed by atoms with Crippen LogP contribution in [-0.4, -0.2) is 6.61 Å². The summed E-state index contributed by atoms with van der Waals surface area (Å²) >= 11 is 0. The first-order valence-corrected chi connectivity index (χ1v) is 13.6. The molecule has 0 aliphatic heterocycles. The maximum atomic E-state index is 5.97. The van der Waals surface area contributed by atoms with E-state index in [0.717, 1.165) is 24.3 Å². The highest BCUT2D eigenvalue weighted by Gasteiger charge is 2.21. The quantitative estimate of drug-likeness (QED) is 0.234. The molecule has 0 spiro atoms. The lowest BCUT2D eigenvalue weighted by Crippen LogP contribution is -2.12. The highest BCUT2D eigenvalue weighted by Crippen LogP contribution is 2.36. The summed E-state index contributed by atoms with van der Waals surface area (Å²) in [6.07, 6.45) is 16.5. The minimum atomic E-state index is 0.543. The van der Waals surface area contributed by atoms with Crippen LogP contribution in [0.3, 0.4) is 0 Å². The van der Waals surface area contributed by atoms with Crippen LogP contribution in [0, 0.1) is 17.8 Å². The van der Waals surface area contributed by atoms with Crippen molar-refractivity contribution in [3.63, 3.8) is 0 Å². The van der Waals surface area contributed by atoms with Crippen molar-refractivity contribution in [2.45, 2.75) is 103 Å². The van der Waals surface area contributed by atoms with Crippen LogP contribution in [0.15, 0.2) is 48.5 Å². The van der Waals surface area contributed by atoms with Crippen molar-refractivity contribution in [1.29, 1.82) is 0 Å². The second-order valence-corrected chi connectivity index (χ2v) is 9.80. The Kier molecular flexibility index (Phi) is 11.4. The van der Waals surface area contributed by atoms with E-state index in [2.05, 4.69) is 74.2 Å². The van der Waals surface area contributed by atoms with Gasteiger partial charge < -0.3 is 4.74 Å². The summed E-state index contributed by atoms with van der Waals surface area (Å²) in [7, 11) is 0. The lowest BCUT2D eigenvalue weighted by Gasteiger charge is -2.26. The van der Waals surface area contributed by atoms with E-state index in [1.807, 2.05) is 0 Å². The molecule has 0 saturated heterocycles. The van der Waals surface area contributed by atoms with E-state index >= 15 is 0 Å². The molecule has 1 aliphatic rings. The van der Waals surface area contributed by atoms with Gasteiger partial charge in [-0.1, -0.05) is 94.9 Å². The molecule has 3 rings (SSSR count). The van der Waals surface area contributed by atoms with Crippen LogP contribution in [0.4, 0.5) is 0 Å². The van der Waals surface area contributed by atoms with Crippen LogP contribution >= 0.6 is 0 Å². The topological polar surface area (TPSA) is 9.23 Å². The fourth-order valence-electron chi connectivity index (χ4n) is 4.89. The van der Waals surface area contributed by atoms with Gasteiger partial charge in [0.1, 0.15) is 5.75 Å². The van der Waals surface area contributed by atoms with Crippen molar-refractivity contribution < 1.29 is 4.74 Å². The summed E-state index contributed by atoms with van der Waals surface area (Å²) in [5, 5.41) is 0. The van der Waals surface area contributed by atoms with Gasteiger partial charge in [0.05, 0.1) is 6.61 Å². The summed E-state index contributed by atoms with van der Waals surface area (Å²) < 4.78 is 5.97. The maximum Gasteiger partial charge on any atom is 0.119 e. The van der Waals surface area contributed by atoms with Gasteiger partial charge >= 0.3 is 0 Å². The number of hydrogen-bond donors (Lipinski definition) is 0. The molecule has 0 N–H and O–H groups in total. The number of benzene rings is 2. The van der Waals surface area contributed by atoms with Crippen molar-refractivity contribution in [2.75, 3.05) is 6.61 Å². The van der Waals surface area contributed by atoms with Crippen molar-refractivity contribution in [2.24, 2.45) is 5.92 Å². The molecule has 33 heavy (non-hydrogen) atoms. The van der Waals surface area contributed by atoms with Crippen LogP contribution in [0.5, 0.6) is 5.75 Å². The van der Waals surface area contributed by atoms with Crippen molar-refractivity contribution in [3.8, 4) is 17.6 Å². The fourth-order valence-corrected chi connectivity index (χ4v) is 4.89. The average molecular weight is 445 g/mol. The van der Waals surface area contributed by atoms with Gasteiger partial charge in [0.2, 0.25) is 0 Å². The molecular formula is C32H44O. The van der Waals surface area contributed by atoms with Gasteiger partial charge in [-0.25, -0.2) is 0 Å². The van der Waals surface area contributed by atoms with E-state index < -0.39 is 0 Å². The van der Waals surface area contributed by atoms with Crippen LogP contribution < -0.4 is 4.74 Å². The van der Waals surface area contributed by atoms with Crippen molar-refractivity contribution >= 4 is 0 Å². The third kappa shape index (κ3) is 9.29. The lowest BCUT2D eigenvalue weighted by molar-refractivity contribution is 0.304. The van der Waals surface area contributed by atoms with Crippen LogP contribution in [0.1, 0.15) is 114 Å². The molecular weight excluding hydrogens is 400 g/mol. The van der Waals surface area contributed by atoms with Gasteiger partial charge in [0.15, 0.2) is 0 Å². The standard InChI is InChI=1S/C32H44O/c1-3-5-6-7-8-9-10-26-33-32-24-22-31(23-25-32)30-20-18-29(19-21-30)17-16-28-14-12-27(11-4-2)13-15-28/h12-15,22-25,29-30H,3-11,18-21,26H2,1-2H3. The predicted octanol–water partition coefficient (Wildman–Crippen LogP) is 9.09. The average Bonchev–Trinajstić information content (AvgIpc) is 2.86. The molecule has 0 unspecified atom stereocenters. The van der Waals surface area contributed by atoms with E-state index in [1.54, 1.807) is 0 Å². The molecule has 1 fully saturated rings. The first-order chi connectivity index (χ1) is 16.3. The molecule has 1 heteroatoms. The highest BCUT2D eigenvalue weighted by atomic mass is 16.5. The number of ether oxygens (including phenoxy) is 1. The first kappa shape index (κ1) is 25.4. The molecule has 178 valence electrons. The lowest BCUT2D eigenvalue weighted by atomic mass is 9.79. The van der Waals surface area contributed by atoms with Gasteiger partial charge in [-0.3, -0.25) is 0 Å². The molecule has 1 aliphatic carbocycles. The normalized spacial score (nSPS) is 17.9. The number of rotatable bonds is 12. The largest absolute Gasteiger partial charge is 0.494 e. The zero-order chi connectivity index (χ0) is 23.1. The smallest absolute Gasteiger partial charge is 0.119 e. The fraction of sp³-hybridized carbons (Fsp3) is 0.562. The zero-order valence-corrected chi connectivity index (χ0v) is 21.1. The molecule has 1 saturated carbocycles. The molecule has 2 aromatic rings. The number of hydrogen-bond acceptors (Lipinski definition) is 1. The minimum absolute atomic E-state index is 0.543. The molecule has 0 amide bonds. The third-order valence-electron chi connectivity index (χ3n) is 7.01. The van der Waals surface area contributed by atoms with E-state index in [0.29, 0.717) is 11.8 Å². The molecule has 0 bridgehead atoms. The van der Waals surface area contributed by atoms with Crippen LogP contribution in [-0.2, 0) is 6.42 Å². The Bertz CT molecular complexity index is 829. The highest BCUT2D eigenvalue weighted by molar-refractivity contribution is 5.37. The Hall–Kier alpha value is -2.20. The zero-order valence-electron chi connectivity index (χ0n) is 21.1. The number of unbranched alkanes of at least 4 members (excludes halogenated alkanes) is 6. The third-order valence-corrected chi connectivity index (χ3v) is 7.01. The summed E-state index contributed by atoms with van der Waals surface area (Å²) in [6.45, 7) is 5.34.